The molecule has 2 heterocycles. The Labute approximate surface area is 81.5 Å². The fourth-order valence-corrected chi connectivity index (χ4v) is 4.01. The largest absolute Gasteiger partial charge is 0.303 e. The van der Waals surface area contributed by atoms with Crippen LogP contribution >= 0.6 is 0 Å². The second kappa shape index (κ2) is 2.98. The van der Waals surface area contributed by atoms with Crippen LogP contribution in [0.2, 0.25) is 0 Å². The summed E-state index contributed by atoms with van der Waals surface area (Å²) < 4.78 is 0. The van der Waals surface area contributed by atoms with E-state index in [0.29, 0.717) is 0 Å². The number of hydrogen-bond acceptors (Lipinski definition) is 1. The third-order valence-electron chi connectivity index (χ3n) is 4.86. The summed E-state index contributed by atoms with van der Waals surface area (Å²) in [6.45, 7) is 4.28. The first-order chi connectivity index (χ1) is 6.39. The van der Waals surface area contributed by atoms with Crippen LogP contribution in [0.5, 0.6) is 0 Å². The number of nitrogens with zero attached hydrogens (tertiary/aromatic N) is 1. The van der Waals surface area contributed by atoms with Gasteiger partial charge in [0.25, 0.3) is 0 Å². The van der Waals surface area contributed by atoms with Crippen LogP contribution in [0.15, 0.2) is 0 Å². The van der Waals surface area contributed by atoms with Crippen molar-refractivity contribution < 1.29 is 0 Å². The minimum absolute atomic E-state index is 0.806. The van der Waals surface area contributed by atoms with E-state index in [2.05, 4.69) is 4.90 Å². The first-order valence-electron chi connectivity index (χ1n) is 6.11. The lowest BCUT2D eigenvalue weighted by atomic mass is 9.67. The summed E-state index contributed by atoms with van der Waals surface area (Å²) >= 11 is 0. The number of hydrogen-bond donors (Lipinski definition) is 0. The second-order valence-corrected chi connectivity index (χ2v) is 5.47. The lowest BCUT2D eigenvalue weighted by Crippen LogP contribution is -2.31. The van der Waals surface area contributed by atoms with Crippen molar-refractivity contribution in [1.82, 2.24) is 4.90 Å². The van der Waals surface area contributed by atoms with Crippen molar-refractivity contribution >= 4 is 0 Å². The van der Waals surface area contributed by atoms with Gasteiger partial charge in [0, 0.05) is 6.54 Å². The Morgan fingerprint density at radius 3 is 2.15 bits per heavy atom. The quantitative estimate of drug-likeness (QED) is 0.598. The standard InChI is InChI=1S/C12H21N/c1-2-4-11(5-3-1)12-6-8-13(10-12)9-7-12/h11H,1-10H2. The van der Waals surface area contributed by atoms with Crippen LogP contribution in [0, 0.1) is 11.3 Å². The smallest absolute Gasteiger partial charge is 0.00416 e. The van der Waals surface area contributed by atoms with E-state index in [1.807, 2.05) is 0 Å². The van der Waals surface area contributed by atoms with Crippen LogP contribution < -0.4 is 0 Å². The zero-order valence-electron chi connectivity index (χ0n) is 8.60. The van der Waals surface area contributed by atoms with E-state index in [0.717, 1.165) is 11.3 Å². The van der Waals surface area contributed by atoms with E-state index < -0.39 is 0 Å². The fourth-order valence-electron chi connectivity index (χ4n) is 4.01. The van der Waals surface area contributed by atoms with Gasteiger partial charge in [0.15, 0.2) is 0 Å². The molecule has 1 heteroatoms. The minimum atomic E-state index is 0.806. The Hall–Kier alpha value is -0.0400. The molecule has 3 rings (SSSR count). The molecule has 3 aliphatic rings. The summed E-state index contributed by atoms with van der Waals surface area (Å²) in [7, 11) is 0. The van der Waals surface area contributed by atoms with Gasteiger partial charge in [-0.25, -0.2) is 0 Å². The normalized spacial score (nSPS) is 45.7. The average molecular weight is 179 g/mol. The molecular formula is C12H21N. The highest BCUT2D eigenvalue weighted by atomic mass is 15.2. The number of rotatable bonds is 1. The van der Waals surface area contributed by atoms with Crippen LogP contribution in [0.1, 0.15) is 44.9 Å². The highest BCUT2D eigenvalue weighted by Gasteiger charge is 2.48. The van der Waals surface area contributed by atoms with E-state index in [1.165, 1.54) is 51.7 Å². The fraction of sp³-hybridized carbons (Fsp3) is 1.00. The predicted octanol–water partition coefficient (Wildman–Crippen LogP) is 2.66. The molecule has 2 saturated heterocycles. The van der Waals surface area contributed by atoms with Crippen LogP contribution in [-0.4, -0.2) is 24.5 Å². The molecule has 1 nitrogen and oxygen atoms in total. The SMILES string of the molecule is C1CCC(C23CCN(CC2)C3)CC1. The molecule has 13 heavy (non-hydrogen) atoms. The zero-order chi connectivity index (χ0) is 8.73. The van der Waals surface area contributed by atoms with Gasteiger partial charge in [-0.2, -0.15) is 0 Å². The van der Waals surface area contributed by atoms with Gasteiger partial charge in [0.2, 0.25) is 0 Å². The van der Waals surface area contributed by atoms with Crippen LogP contribution in [0.4, 0.5) is 0 Å². The van der Waals surface area contributed by atoms with Crippen LogP contribution in [0.3, 0.4) is 0 Å². The van der Waals surface area contributed by atoms with Gasteiger partial charge in [0.1, 0.15) is 0 Å². The van der Waals surface area contributed by atoms with Gasteiger partial charge >= 0.3 is 0 Å². The van der Waals surface area contributed by atoms with Gasteiger partial charge in [-0.3, -0.25) is 0 Å². The Morgan fingerprint density at radius 1 is 0.923 bits per heavy atom. The molecule has 0 spiro atoms. The molecule has 1 aliphatic carbocycles. The topological polar surface area (TPSA) is 3.24 Å². The van der Waals surface area contributed by atoms with Crippen molar-refractivity contribution in [3.8, 4) is 0 Å². The van der Waals surface area contributed by atoms with E-state index >= 15 is 0 Å². The molecule has 3 fully saturated rings. The minimum Gasteiger partial charge on any atom is -0.303 e. The summed E-state index contributed by atoms with van der Waals surface area (Å²) in [4.78, 5) is 2.69. The molecule has 74 valence electrons. The van der Waals surface area contributed by atoms with Crippen molar-refractivity contribution in [1.29, 1.82) is 0 Å². The summed E-state index contributed by atoms with van der Waals surface area (Å²) in [5.74, 6) is 1.11. The van der Waals surface area contributed by atoms with Crippen LogP contribution in [-0.2, 0) is 0 Å². The molecule has 0 unspecified atom stereocenters. The predicted molar refractivity (Wildman–Crippen MR) is 54.7 cm³/mol. The van der Waals surface area contributed by atoms with Crippen molar-refractivity contribution in [2.75, 3.05) is 19.6 Å². The summed E-state index contributed by atoms with van der Waals surface area (Å²) in [5.41, 5.74) is 0.806. The van der Waals surface area contributed by atoms with Crippen molar-refractivity contribution in [3.63, 3.8) is 0 Å². The molecule has 1 saturated carbocycles. The molecule has 2 aliphatic heterocycles. The van der Waals surface area contributed by atoms with Gasteiger partial charge in [-0.05, 0) is 50.1 Å². The molecular weight excluding hydrogens is 158 g/mol. The Balaban J connectivity index is 1.75. The Bertz CT molecular complexity index is 185. The van der Waals surface area contributed by atoms with Gasteiger partial charge in [-0.1, -0.05) is 19.3 Å². The Morgan fingerprint density at radius 2 is 1.62 bits per heavy atom. The third-order valence-corrected chi connectivity index (χ3v) is 4.86. The van der Waals surface area contributed by atoms with Crippen molar-refractivity contribution in [2.45, 2.75) is 44.9 Å². The lowest BCUT2D eigenvalue weighted by molar-refractivity contribution is 0.143. The van der Waals surface area contributed by atoms with Crippen LogP contribution in [0.25, 0.3) is 0 Å². The molecule has 0 amide bonds. The molecule has 0 aromatic rings. The van der Waals surface area contributed by atoms with E-state index in [9.17, 15) is 0 Å². The molecule has 2 bridgehead atoms. The van der Waals surface area contributed by atoms with Gasteiger partial charge in [-0.15, -0.1) is 0 Å². The summed E-state index contributed by atoms with van der Waals surface area (Å²) in [6, 6.07) is 0. The first-order valence-corrected chi connectivity index (χ1v) is 6.11. The second-order valence-electron chi connectivity index (χ2n) is 5.47. The Kier molecular flexibility index (Phi) is 1.90. The highest BCUT2D eigenvalue weighted by Crippen LogP contribution is 2.50. The zero-order valence-corrected chi connectivity index (χ0v) is 8.60. The number of piperidine rings is 1. The van der Waals surface area contributed by atoms with Crippen molar-refractivity contribution in [3.05, 3.63) is 0 Å². The third kappa shape index (κ3) is 1.24. The maximum absolute atomic E-state index is 2.69. The molecule has 0 aromatic carbocycles. The maximum Gasteiger partial charge on any atom is 0.00416 e. The van der Waals surface area contributed by atoms with E-state index in [1.54, 1.807) is 12.8 Å². The molecule has 0 radical (unpaired) electrons. The van der Waals surface area contributed by atoms with Gasteiger partial charge < -0.3 is 4.90 Å². The summed E-state index contributed by atoms with van der Waals surface area (Å²) in [5, 5.41) is 0. The van der Waals surface area contributed by atoms with Gasteiger partial charge in [0.05, 0.1) is 0 Å². The summed E-state index contributed by atoms with van der Waals surface area (Å²) in [6.07, 6.45) is 10.7. The maximum atomic E-state index is 2.69. The van der Waals surface area contributed by atoms with Crippen molar-refractivity contribution in [2.24, 2.45) is 11.3 Å². The molecule has 0 N–H and O–H groups in total. The van der Waals surface area contributed by atoms with E-state index in [-0.39, 0.29) is 0 Å². The monoisotopic (exact) mass is 179 g/mol. The van der Waals surface area contributed by atoms with E-state index in [4.69, 9.17) is 0 Å². The average Bonchev–Trinajstić information content (AvgIpc) is 2.80. The molecule has 0 atom stereocenters. The number of fused-ring (bicyclic) bond motifs is 2. The highest BCUT2D eigenvalue weighted by molar-refractivity contribution is 5.00. The lowest BCUT2D eigenvalue weighted by Gasteiger charge is -2.37. The molecule has 0 aromatic heterocycles. The first kappa shape index (κ1) is 8.28.